The summed E-state index contributed by atoms with van der Waals surface area (Å²) in [5.74, 6) is -0.835. The Morgan fingerprint density at radius 1 is 1.00 bits per heavy atom. The molecule has 2 N–H and O–H groups in total. The Labute approximate surface area is 195 Å². The quantitative estimate of drug-likeness (QED) is 0.627. The lowest BCUT2D eigenvalue weighted by atomic mass is 9.91. The van der Waals surface area contributed by atoms with Crippen LogP contribution in [0.1, 0.15) is 50.7 Å². The molecule has 7 heteroatoms. The van der Waals surface area contributed by atoms with Gasteiger partial charge in [-0.1, -0.05) is 37.6 Å². The molecule has 7 nitrogen and oxygen atoms in total. The van der Waals surface area contributed by atoms with Crippen molar-refractivity contribution in [2.45, 2.75) is 51.5 Å². The lowest BCUT2D eigenvalue weighted by Gasteiger charge is -2.28. The minimum absolute atomic E-state index is 0.331. The van der Waals surface area contributed by atoms with Gasteiger partial charge in [0.05, 0.1) is 0 Å². The van der Waals surface area contributed by atoms with Gasteiger partial charge in [0, 0.05) is 24.5 Å². The summed E-state index contributed by atoms with van der Waals surface area (Å²) in [7, 11) is 0. The molecule has 2 heterocycles. The molecule has 0 spiro atoms. The predicted molar refractivity (Wildman–Crippen MR) is 129 cm³/mol. The third-order valence-corrected chi connectivity index (χ3v) is 6.52. The van der Waals surface area contributed by atoms with Crippen molar-refractivity contribution in [1.29, 1.82) is 0 Å². The number of anilines is 2. The fourth-order valence-corrected chi connectivity index (χ4v) is 4.58. The van der Waals surface area contributed by atoms with Crippen molar-refractivity contribution in [3.05, 3.63) is 59.7 Å². The van der Waals surface area contributed by atoms with Crippen LogP contribution in [0.2, 0.25) is 0 Å². The van der Waals surface area contributed by atoms with E-state index in [-0.39, 0.29) is 6.54 Å². The molecule has 2 aromatic rings. The first kappa shape index (κ1) is 22.8. The second-order valence-corrected chi connectivity index (χ2v) is 9.04. The first-order valence-corrected chi connectivity index (χ1v) is 11.8. The van der Waals surface area contributed by atoms with Crippen LogP contribution in [-0.4, -0.2) is 42.4 Å². The molecule has 174 valence electrons. The SMILES string of the molecule is CCCc1ccc(C2(C)NC(=O)N(CC(=O)Nc3ccc(N4CCCCC4)cc3)C2=O)cc1. The largest absolute Gasteiger partial charge is 0.372 e. The standard InChI is InChI=1S/C26H32N4O3/c1-3-7-19-8-10-20(11-9-19)26(2)24(32)30(25(33)28-26)18-23(31)27-21-12-14-22(15-13-21)29-16-5-4-6-17-29/h8-15H,3-7,16-18H2,1-2H3,(H,27,31)(H,28,33). The Hall–Kier alpha value is -3.35. The zero-order valence-corrected chi connectivity index (χ0v) is 19.4. The minimum Gasteiger partial charge on any atom is -0.372 e. The van der Waals surface area contributed by atoms with E-state index in [2.05, 4.69) is 22.5 Å². The van der Waals surface area contributed by atoms with E-state index in [9.17, 15) is 14.4 Å². The highest BCUT2D eigenvalue weighted by Crippen LogP contribution is 2.29. The number of carbonyl (C=O) groups is 3. The first-order chi connectivity index (χ1) is 15.9. The maximum atomic E-state index is 13.1. The number of benzene rings is 2. The minimum atomic E-state index is -1.18. The lowest BCUT2D eigenvalue weighted by molar-refractivity contribution is -0.133. The molecule has 1 atom stereocenters. The zero-order chi connectivity index (χ0) is 23.4. The summed E-state index contributed by atoms with van der Waals surface area (Å²) in [6.07, 6.45) is 5.67. The van der Waals surface area contributed by atoms with Crippen molar-refractivity contribution in [3.63, 3.8) is 0 Å². The van der Waals surface area contributed by atoms with Gasteiger partial charge in [-0.25, -0.2) is 4.79 Å². The summed E-state index contributed by atoms with van der Waals surface area (Å²) in [6.45, 7) is 5.57. The number of hydrogen-bond donors (Lipinski definition) is 2. The smallest absolute Gasteiger partial charge is 0.325 e. The van der Waals surface area contributed by atoms with Gasteiger partial charge in [0.1, 0.15) is 12.1 Å². The van der Waals surface area contributed by atoms with Crippen molar-refractivity contribution >= 4 is 29.2 Å². The van der Waals surface area contributed by atoms with Crippen LogP contribution in [0.3, 0.4) is 0 Å². The van der Waals surface area contributed by atoms with Gasteiger partial charge in [-0.3, -0.25) is 14.5 Å². The van der Waals surface area contributed by atoms with Gasteiger partial charge in [0.15, 0.2) is 0 Å². The molecular weight excluding hydrogens is 416 g/mol. The van der Waals surface area contributed by atoms with Crippen LogP contribution < -0.4 is 15.5 Å². The Kier molecular flexibility index (Phi) is 6.67. The normalized spacial score (nSPS) is 20.7. The average molecular weight is 449 g/mol. The van der Waals surface area contributed by atoms with Crippen molar-refractivity contribution in [1.82, 2.24) is 10.2 Å². The second-order valence-electron chi connectivity index (χ2n) is 9.04. The van der Waals surface area contributed by atoms with Crippen LogP contribution in [0.25, 0.3) is 0 Å². The Bertz CT molecular complexity index is 1010. The monoisotopic (exact) mass is 448 g/mol. The van der Waals surface area contributed by atoms with Crippen LogP contribution >= 0.6 is 0 Å². The molecule has 0 radical (unpaired) electrons. The van der Waals surface area contributed by atoms with E-state index >= 15 is 0 Å². The number of amides is 4. The van der Waals surface area contributed by atoms with Gasteiger partial charge in [-0.15, -0.1) is 0 Å². The first-order valence-electron chi connectivity index (χ1n) is 11.8. The molecule has 0 aromatic heterocycles. The summed E-state index contributed by atoms with van der Waals surface area (Å²) >= 11 is 0. The summed E-state index contributed by atoms with van der Waals surface area (Å²) < 4.78 is 0. The number of carbonyl (C=O) groups excluding carboxylic acids is 3. The van der Waals surface area contributed by atoms with Gasteiger partial charge < -0.3 is 15.5 Å². The molecule has 0 saturated carbocycles. The van der Waals surface area contributed by atoms with E-state index in [0.29, 0.717) is 11.3 Å². The highest BCUT2D eigenvalue weighted by atomic mass is 16.2. The molecule has 33 heavy (non-hydrogen) atoms. The van der Waals surface area contributed by atoms with E-state index in [1.807, 2.05) is 48.5 Å². The van der Waals surface area contributed by atoms with Crippen molar-refractivity contribution in [2.75, 3.05) is 29.9 Å². The number of rotatable bonds is 7. The maximum Gasteiger partial charge on any atom is 0.325 e. The fraction of sp³-hybridized carbons (Fsp3) is 0.423. The summed E-state index contributed by atoms with van der Waals surface area (Å²) in [5, 5.41) is 5.56. The highest BCUT2D eigenvalue weighted by Gasteiger charge is 2.49. The molecule has 1 unspecified atom stereocenters. The average Bonchev–Trinajstić information content (AvgIpc) is 3.04. The molecular formula is C26H32N4O3. The molecule has 2 fully saturated rings. The molecule has 2 aliphatic heterocycles. The van der Waals surface area contributed by atoms with Crippen molar-refractivity contribution < 1.29 is 14.4 Å². The second kappa shape index (κ2) is 9.65. The van der Waals surface area contributed by atoms with E-state index < -0.39 is 23.4 Å². The van der Waals surface area contributed by atoms with Gasteiger partial charge >= 0.3 is 6.03 Å². The van der Waals surface area contributed by atoms with Crippen LogP contribution in [0.4, 0.5) is 16.2 Å². The van der Waals surface area contributed by atoms with Gasteiger partial charge in [-0.2, -0.15) is 0 Å². The molecule has 2 aromatic carbocycles. The topological polar surface area (TPSA) is 81.8 Å². The Balaban J connectivity index is 1.38. The Morgan fingerprint density at radius 2 is 1.67 bits per heavy atom. The number of hydrogen-bond acceptors (Lipinski definition) is 4. The highest BCUT2D eigenvalue weighted by molar-refractivity contribution is 6.10. The van der Waals surface area contributed by atoms with Gasteiger partial charge in [0.25, 0.3) is 5.91 Å². The maximum absolute atomic E-state index is 13.1. The van der Waals surface area contributed by atoms with Gasteiger partial charge in [0.2, 0.25) is 5.91 Å². The third-order valence-electron chi connectivity index (χ3n) is 6.52. The summed E-state index contributed by atoms with van der Waals surface area (Å²) in [4.78, 5) is 41.6. The molecule has 2 saturated heterocycles. The number of nitrogens with zero attached hydrogens (tertiary/aromatic N) is 2. The Morgan fingerprint density at radius 3 is 2.30 bits per heavy atom. The van der Waals surface area contributed by atoms with E-state index in [1.54, 1.807) is 6.92 Å². The number of urea groups is 1. The molecule has 4 rings (SSSR count). The molecule has 2 aliphatic rings. The number of piperidine rings is 1. The third kappa shape index (κ3) is 4.87. The fourth-order valence-electron chi connectivity index (χ4n) is 4.58. The van der Waals surface area contributed by atoms with Crippen LogP contribution in [0.5, 0.6) is 0 Å². The molecule has 0 bridgehead atoms. The van der Waals surface area contributed by atoms with Crippen molar-refractivity contribution in [3.8, 4) is 0 Å². The summed E-state index contributed by atoms with van der Waals surface area (Å²) in [5.41, 5.74) is 2.49. The predicted octanol–water partition coefficient (Wildman–Crippen LogP) is 4.04. The van der Waals surface area contributed by atoms with Crippen LogP contribution in [0.15, 0.2) is 48.5 Å². The molecule has 0 aliphatic carbocycles. The van der Waals surface area contributed by atoms with Crippen molar-refractivity contribution in [2.24, 2.45) is 0 Å². The number of nitrogens with one attached hydrogen (secondary N) is 2. The van der Waals surface area contributed by atoms with Gasteiger partial charge in [-0.05, 0) is 68.0 Å². The van der Waals surface area contributed by atoms with E-state index in [4.69, 9.17) is 0 Å². The van der Waals surface area contributed by atoms with Crippen LogP contribution in [0, 0.1) is 0 Å². The van der Waals surface area contributed by atoms with Crippen LogP contribution in [-0.2, 0) is 21.5 Å². The zero-order valence-electron chi connectivity index (χ0n) is 19.4. The lowest BCUT2D eigenvalue weighted by Crippen LogP contribution is -2.42. The molecule has 4 amide bonds. The number of imide groups is 1. The van der Waals surface area contributed by atoms with E-state index in [1.165, 1.54) is 24.8 Å². The number of aryl methyl sites for hydroxylation is 1. The van der Waals surface area contributed by atoms with E-state index in [0.717, 1.165) is 36.5 Å². The summed E-state index contributed by atoms with van der Waals surface area (Å²) in [6, 6.07) is 14.8.